The van der Waals surface area contributed by atoms with Crippen molar-refractivity contribution in [3.05, 3.63) is 0 Å². The molecular formula is C10H17N3O. The molecule has 78 valence electrons. The van der Waals surface area contributed by atoms with Crippen molar-refractivity contribution in [1.82, 2.24) is 5.32 Å². The van der Waals surface area contributed by atoms with Crippen LogP contribution in [0.3, 0.4) is 0 Å². The summed E-state index contributed by atoms with van der Waals surface area (Å²) in [6.07, 6.45) is 5.70. The van der Waals surface area contributed by atoms with Gasteiger partial charge in [-0.1, -0.05) is 0 Å². The molecular weight excluding hydrogens is 178 g/mol. The van der Waals surface area contributed by atoms with Crippen LogP contribution in [0.25, 0.3) is 0 Å². The first kappa shape index (κ1) is 12.5. The van der Waals surface area contributed by atoms with Crippen LogP contribution in [0.2, 0.25) is 0 Å². The first-order valence-electron chi connectivity index (χ1n) is 4.44. The Morgan fingerprint density at radius 2 is 2.14 bits per heavy atom. The Morgan fingerprint density at radius 3 is 2.57 bits per heavy atom. The average Bonchev–Trinajstić information content (AvgIpc) is 1.96. The quantitative estimate of drug-likeness (QED) is 0.385. The molecule has 0 fully saturated rings. The van der Waals surface area contributed by atoms with Gasteiger partial charge in [0.2, 0.25) is 5.91 Å². The molecule has 0 saturated carbocycles. The Bertz CT molecular complexity index is 268. The van der Waals surface area contributed by atoms with Crippen molar-refractivity contribution in [2.45, 2.75) is 39.2 Å². The van der Waals surface area contributed by atoms with E-state index in [1.807, 2.05) is 20.8 Å². The summed E-state index contributed by atoms with van der Waals surface area (Å²) in [5, 5.41) is 2.46. The zero-order valence-corrected chi connectivity index (χ0v) is 8.92. The van der Waals surface area contributed by atoms with E-state index in [9.17, 15) is 4.79 Å². The first-order chi connectivity index (χ1) is 6.35. The maximum Gasteiger partial charge on any atom is 0.227 e. The van der Waals surface area contributed by atoms with Crippen molar-refractivity contribution in [2.24, 2.45) is 10.7 Å². The van der Waals surface area contributed by atoms with Crippen LogP contribution in [-0.4, -0.2) is 17.4 Å². The van der Waals surface area contributed by atoms with Crippen LogP contribution in [-0.2, 0) is 4.79 Å². The third kappa shape index (κ3) is 7.17. The van der Waals surface area contributed by atoms with Crippen LogP contribution in [0.5, 0.6) is 0 Å². The van der Waals surface area contributed by atoms with Crippen LogP contribution < -0.4 is 11.1 Å². The fraction of sp³-hybridized carbons (Fsp3) is 0.600. The van der Waals surface area contributed by atoms with Gasteiger partial charge in [-0.2, -0.15) is 0 Å². The highest BCUT2D eigenvalue weighted by Crippen LogP contribution is 2.04. The van der Waals surface area contributed by atoms with Crippen LogP contribution >= 0.6 is 0 Å². The van der Waals surface area contributed by atoms with Crippen molar-refractivity contribution in [3.8, 4) is 12.3 Å². The number of carbonyl (C=O) groups excluding carboxylic acids is 1. The lowest BCUT2D eigenvalue weighted by Crippen LogP contribution is -2.38. The molecule has 4 nitrogen and oxygen atoms in total. The Hall–Kier alpha value is -1.50. The van der Waals surface area contributed by atoms with E-state index >= 15 is 0 Å². The zero-order chi connectivity index (χ0) is 11.2. The summed E-state index contributed by atoms with van der Waals surface area (Å²) >= 11 is 0. The molecule has 0 spiro atoms. The molecule has 3 N–H and O–H groups in total. The van der Waals surface area contributed by atoms with Crippen LogP contribution in [0.4, 0.5) is 0 Å². The number of hydrogen-bond donors (Lipinski definition) is 2. The molecule has 0 atom stereocenters. The number of rotatable bonds is 2. The van der Waals surface area contributed by atoms with E-state index in [2.05, 4.69) is 16.2 Å². The van der Waals surface area contributed by atoms with Crippen molar-refractivity contribution in [1.29, 1.82) is 0 Å². The molecule has 0 saturated heterocycles. The van der Waals surface area contributed by atoms with E-state index < -0.39 is 0 Å². The molecule has 14 heavy (non-hydrogen) atoms. The standard InChI is InChI=1S/C10H17N3O/c1-5-6-7-8(14)12-9(11)13-10(2,3)4/h1H,6-7H2,2-4H3,(H3,11,12,13,14). The van der Waals surface area contributed by atoms with E-state index in [0.29, 0.717) is 6.42 Å². The highest BCUT2D eigenvalue weighted by Gasteiger charge is 2.09. The molecule has 0 aromatic rings. The molecule has 0 aromatic carbocycles. The molecule has 1 amide bonds. The Kier molecular flexibility index (Phi) is 4.71. The summed E-state index contributed by atoms with van der Waals surface area (Å²) in [4.78, 5) is 15.2. The third-order valence-electron chi connectivity index (χ3n) is 1.22. The lowest BCUT2D eigenvalue weighted by Gasteiger charge is -2.13. The highest BCUT2D eigenvalue weighted by atomic mass is 16.1. The molecule has 0 bridgehead atoms. The van der Waals surface area contributed by atoms with Gasteiger partial charge in [-0.3, -0.25) is 10.1 Å². The molecule has 4 heteroatoms. The monoisotopic (exact) mass is 195 g/mol. The van der Waals surface area contributed by atoms with Crippen LogP contribution in [0.1, 0.15) is 33.6 Å². The molecule has 0 aliphatic rings. The van der Waals surface area contributed by atoms with Gasteiger partial charge in [-0.25, -0.2) is 4.99 Å². The van der Waals surface area contributed by atoms with Gasteiger partial charge in [-0.15, -0.1) is 12.3 Å². The smallest absolute Gasteiger partial charge is 0.227 e. The molecule has 0 aliphatic heterocycles. The van der Waals surface area contributed by atoms with Gasteiger partial charge in [-0.05, 0) is 20.8 Å². The predicted octanol–water partition coefficient (Wildman–Crippen LogP) is 0.629. The minimum Gasteiger partial charge on any atom is -0.370 e. The Balaban J connectivity index is 4.07. The molecule has 0 radical (unpaired) electrons. The topological polar surface area (TPSA) is 67.5 Å². The average molecular weight is 195 g/mol. The maximum atomic E-state index is 11.1. The number of aliphatic imine (C=N–C) groups is 1. The van der Waals surface area contributed by atoms with E-state index in [1.54, 1.807) is 0 Å². The van der Waals surface area contributed by atoms with Crippen LogP contribution in [0, 0.1) is 12.3 Å². The fourth-order valence-corrected chi connectivity index (χ4v) is 0.780. The molecule has 0 unspecified atom stereocenters. The number of nitrogens with zero attached hydrogens (tertiary/aromatic N) is 1. The summed E-state index contributed by atoms with van der Waals surface area (Å²) in [6, 6.07) is 0. The first-order valence-corrected chi connectivity index (χ1v) is 4.44. The molecule has 0 aliphatic carbocycles. The minimum atomic E-state index is -0.288. The highest BCUT2D eigenvalue weighted by molar-refractivity contribution is 5.96. The number of hydrogen-bond acceptors (Lipinski definition) is 2. The SMILES string of the molecule is C#CCCC(=O)NC(N)=NC(C)(C)C. The van der Waals surface area contributed by atoms with Crippen molar-refractivity contribution in [3.63, 3.8) is 0 Å². The van der Waals surface area contributed by atoms with Gasteiger partial charge < -0.3 is 5.73 Å². The number of nitrogens with one attached hydrogen (secondary N) is 1. The Labute approximate surface area is 85.0 Å². The van der Waals surface area contributed by atoms with Gasteiger partial charge in [0.1, 0.15) is 0 Å². The van der Waals surface area contributed by atoms with Gasteiger partial charge in [0.15, 0.2) is 5.96 Å². The maximum absolute atomic E-state index is 11.1. The second-order valence-corrected chi connectivity index (χ2v) is 3.92. The summed E-state index contributed by atoms with van der Waals surface area (Å²) in [6.45, 7) is 5.69. The van der Waals surface area contributed by atoms with E-state index in [1.165, 1.54) is 0 Å². The number of nitrogens with two attached hydrogens (primary N) is 1. The zero-order valence-electron chi connectivity index (χ0n) is 8.92. The van der Waals surface area contributed by atoms with Crippen molar-refractivity contribution >= 4 is 11.9 Å². The van der Waals surface area contributed by atoms with Crippen molar-refractivity contribution < 1.29 is 4.79 Å². The van der Waals surface area contributed by atoms with Gasteiger partial charge >= 0.3 is 0 Å². The number of terminal acetylenes is 1. The van der Waals surface area contributed by atoms with E-state index in [0.717, 1.165) is 0 Å². The lowest BCUT2D eigenvalue weighted by atomic mass is 10.1. The number of carbonyl (C=O) groups is 1. The summed E-state index contributed by atoms with van der Waals surface area (Å²) < 4.78 is 0. The largest absolute Gasteiger partial charge is 0.370 e. The van der Waals surface area contributed by atoms with Gasteiger partial charge in [0, 0.05) is 12.8 Å². The van der Waals surface area contributed by atoms with E-state index in [4.69, 9.17) is 12.2 Å². The Morgan fingerprint density at radius 1 is 1.57 bits per heavy atom. The minimum absolute atomic E-state index is 0.138. The molecule has 0 rings (SSSR count). The second kappa shape index (κ2) is 5.28. The lowest BCUT2D eigenvalue weighted by molar-refractivity contribution is -0.119. The van der Waals surface area contributed by atoms with Crippen LogP contribution in [0.15, 0.2) is 4.99 Å². The van der Waals surface area contributed by atoms with Gasteiger partial charge in [0.05, 0.1) is 5.54 Å². The van der Waals surface area contributed by atoms with Gasteiger partial charge in [0.25, 0.3) is 0 Å². The summed E-state index contributed by atoms with van der Waals surface area (Å²) in [5.41, 5.74) is 5.21. The molecule has 0 aromatic heterocycles. The normalized spacial score (nSPS) is 12.0. The second-order valence-electron chi connectivity index (χ2n) is 3.92. The number of guanidine groups is 1. The third-order valence-corrected chi connectivity index (χ3v) is 1.22. The fourth-order valence-electron chi connectivity index (χ4n) is 0.780. The predicted molar refractivity (Wildman–Crippen MR) is 57.6 cm³/mol. The van der Waals surface area contributed by atoms with Crippen molar-refractivity contribution in [2.75, 3.05) is 0 Å². The summed E-state index contributed by atoms with van der Waals surface area (Å²) in [5.74, 6) is 2.32. The summed E-state index contributed by atoms with van der Waals surface area (Å²) in [7, 11) is 0. The van der Waals surface area contributed by atoms with E-state index in [-0.39, 0.29) is 23.8 Å². The number of amides is 1. The molecule has 0 heterocycles.